The molecule has 152 valence electrons. The van der Waals surface area contributed by atoms with Crippen LogP contribution in [0.15, 0.2) is 24.3 Å². The van der Waals surface area contributed by atoms with E-state index in [2.05, 4.69) is 71.4 Å². The third kappa shape index (κ3) is 5.76. The molecular formula is C22H33N5O. The van der Waals surface area contributed by atoms with Crippen LogP contribution in [0, 0.1) is 6.92 Å². The molecular weight excluding hydrogens is 350 g/mol. The maximum atomic E-state index is 13.0. The van der Waals surface area contributed by atoms with Crippen LogP contribution in [0.1, 0.15) is 67.0 Å². The number of anilines is 2. The fourth-order valence-electron chi connectivity index (χ4n) is 3.06. The first-order valence-electron chi connectivity index (χ1n) is 9.87. The first kappa shape index (κ1) is 21.8. The Bertz CT molecular complexity index is 788. The van der Waals surface area contributed by atoms with Gasteiger partial charge in [-0.1, -0.05) is 45.9 Å². The van der Waals surface area contributed by atoms with Crippen molar-refractivity contribution < 1.29 is 4.79 Å². The molecule has 0 aliphatic rings. The topological polar surface area (TPSA) is 70.2 Å². The molecule has 6 nitrogen and oxygen atoms in total. The second kappa shape index (κ2) is 9.64. The number of likely N-dealkylation sites (N-methyl/N-ethyl adjacent to an activating group) is 1. The van der Waals surface area contributed by atoms with Gasteiger partial charge < -0.3 is 15.5 Å². The van der Waals surface area contributed by atoms with Crippen molar-refractivity contribution in [3.8, 4) is 0 Å². The summed E-state index contributed by atoms with van der Waals surface area (Å²) in [6, 6.07) is 7.92. The number of carbonyl (C=O) groups is 1. The Labute approximate surface area is 168 Å². The summed E-state index contributed by atoms with van der Waals surface area (Å²) in [5.41, 5.74) is 3.54. The molecule has 1 aromatic heterocycles. The summed E-state index contributed by atoms with van der Waals surface area (Å²) >= 11 is 0. The molecule has 2 rings (SSSR count). The minimum Gasteiger partial charge on any atom is -0.369 e. The van der Waals surface area contributed by atoms with Gasteiger partial charge in [-0.25, -0.2) is 9.97 Å². The van der Waals surface area contributed by atoms with Crippen molar-refractivity contribution in [1.29, 1.82) is 0 Å². The molecule has 0 saturated heterocycles. The number of hydrogen-bond donors (Lipinski definition) is 2. The molecule has 0 unspecified atom stereocenters. The Hall–Kier alpha value is -2.47. The van der Waals surface area contributed by atoms with Crippen LogP contribution in [0.2, 0.25) is 0 Å². The van der Waals surface area contributed by atoms with Gasteiger partial charge in [0.25, 0.3) is 5.91 Å². The third-order valence-electron chi connectivity index (χ3n) is 4.55. The lowest BCUT2D eigenvalue weighted by atomic mass is 9.92. The second-order valence-corrected chi connectivity index (χ2v) is 7.99. The molecule has 0 atom stereocenters. The van der Waals surface area contributed by atoms with E-state index >= 15 is 0 Å². The molecule has 28 heavy (non-hydrogen) atoms. The Kier molecular flexibility index (Phi) is 7.52. The number of rotatable bonds is 8. The number of aromatic nitrogens is 2. The van der Waals surface area contributed by atoms with Crippen LogP contribution in [0.4, 0.5) is 11.5 Å². The van der Waals surface area contributed by atoms with Gasteiger partial charge in [-0.15, -0.1) is 0 Å². The number of nitrogens with one attached hydrogen (secondary N) is 2. The van der Waals surface area contributed by atoms with Gasteiger partial charge in [0, 0.05) is 24.8 Å². The Balaban J connectivity index is 2.29. The van der Waals surface area contributed by atoms with Crippen molar-refractivity contribution in [3.63, 3.8) is 0 Å². The lowest BCUT2D eigenvalue weighted by molar-refractivity contribution is 0.102. The summed E-state index contributed by atoms with van der Waals surface area (Å²) < 4.78 is 0. The molecule has 6 heteroatoms. The van der Waals surface area contributed by atoms with Crippen molar-refractivity contribution in [2.75, 3.05) is 37.8 Å². The maximum absolute atomic E-state index is 13.0. The highest BCUT2D eigenvalue weighted by molar-refractivity contribution is 6.04. The minimum atomic E-state index is -0.212. The predicted molar refractivity (Wildman–Crippen MR) is 116 cm³/mol. The van der Waals surface area contributed by atoms with Gasteiger partial charge in [-0.05, 0) is 44.0 Å². The van der Waals surface area contributed by atoms with Gasteiger partial charge in [0.05, 0.1) is 0 Å². The fraction of sp³-hybridized carbons (Fsp3) is 0.500. The number of amides is 1. The molecule has 0 aliphatic heterocycles. The van der Waals surface area contributed by atoms with E-state index in [1.54, 1.807) is 13.0 Å². The molecule has 0 saturated carbocycles. The third-order valence-corrected chi connectivity index (χ3v) is 4.55. The number of carbonyl (C=O) groups excluding carboxylic acids is 1. The van der Waals surface area contributed by atoms with E-state index in [0.29, 0.717) is 29.2 Å². The monoisotopic (exact) mass is 383 g/mol. The van der Waals surface area contributed by atoms with Crippen molar-refractivity contribution in [2.45, 2.75) is 46.5 Å². The lowest BCUT2D eigenvalue weighted by Gasteiger charge is -2.20. The quantitative estimate of drug-likeness (QED) is 0.713. The molecule has 0 spiro atoms. The zero-order chi connectivity index (χ0) is 20.8. The Morgan fingerprint density at radius 1 is 1.07 bits per heavy atom. The number of nitrogens with zero attached hydrogens (tertiary/aromatic N) is 3. The van der Waals surface area contributed by atoms with Crippen molar-refractivity contribution in [3.05, 3.63) is 46.9 Å². The molecule has 1 heterocycles. The summed E-state index contributed by atoms with van der Waals surface area (Å²) in [5, 5.41) is 6.38. The van der Waals surface area contributed by atoms with E-state index in [-0.39, 0.29) is 5.91 Å². The molecule has 2 N–H and O–H groups in total. The SMILES string of the molecule is Cc1nc(NCCN(C)C)cc(C(=O)Nc2c(C(C)C)cccc2C(C)C)n1. The highest BCUT2D eigenvalue weighted by atomic mass is 16.1. The summed E-state index contributed by atoms with van der Waals surface area (Å²) in [7, 11) is 4.04. The molecule has 2 aromatic rings. The first-order chi connectivity index (χ1) is 13.2. The van der Waals surface area contributed by atoms with E-state index in [0.717, 1.165) is 29.9 Å². The summed E-state index contributed by atoms with van der Waals surface area (Å²) in [6.07, 6.45) is 0. The van der Waals surface area contributed by atoms with E-state index in [1.165, 1.54) is 0 Å². The average Bonchev–Trinajstić information content (AvgIpc) is 2.60. The Morgan fingerprint density at radius 2 is 1.68 bits per heavy atom. The zero-order valence-corrected chi connectivity index (χ0v) is 18.1. The lowest BCUT2D eigenvalue weighted by Crippen LogP contribution is -2.22. The van der Waals surface area contributed by atoms with Crippen LogP contribution >= 0.6 is 0 Å². The second-order valence-electron chi connectivity index (χ2n) is 7.99. The van der Waals surface area contributed by atoms with Crippen molar-refractivity contribution in [2.24, 2.45) is 0 Å². The molecule has 1 aromatic carbocycles. The predicted octanol–water partition coefficient (Wildman–Crippen LogP) is 4.26. The van der Waals surface area contributed by atoms with Crippen LogP contribution in [0.25, 0.3) is 0 Å². The fourth-order valence-corrected chi connectivity index (χ4v) is 3.06. The molecule has 0 aliphatic carbocycles. The largest absolute Gasteiger partial charge is 0.369 e. The van der Waals surface area contributed by atoms with Crippen LogP contribution < -0.4 is 10.6 Å². The number of para-hydroxylation sites is 1. The minimum absolute atomic E-state index is 0.212. The van der Waals surface area contributed by atoms with Crippen molar-refractivity contribution in [1.82, 2.24) is 14.9 Å². The van der Waals surface area contributed by atoms with Gasteiger partial charge in [-0.2, -0.15) is 0 Å². The van der Waals surface area contributed by atoms with Gasteiger partial charge in [0.2, 0.25) is 0 Å². The normalized spacial score (nSPS) is 11.4. The van der Waals surface area contributed by atoms with Gasteiger partial charge in [0.15, 0.2) is 0 Å². The number of hydrogen-bond acceptors (Lipinski definition) is 5. The van der Waals surface area contributed by atoms with Crippen molar-refractivity contribution >= 4 is 17.4 Å². The zero-order valence-electron chi connectivity index (χ0n) is 18.1. The van der Waals surface area contributed by atoms with E-state index in [9.17, 15) is 4.79 Å². The van der Waals surface area contributed by atoms with Crippen LogP contribution in [0.5, 0.6) is 0 Å². The molecule has 0 fully saturated rings. The number of benzene rings is 1. The Morgan fingerprint density at radius 3 is 2.21 bits per heavy atom. The molecule has 0 radical (unpaired) electrons. The first-order valence-corrected chi connectivity index (χ1v) is 9.87. The van der Waals surface area contributed by atoms with Gasteiger partial charge >= 0.3 is 0 Å². The van der Waals surface area contributed by atoms with E-state index < -0.39 is 0 Å². The highest BCUT2D eigenvalue weighted by Gasteiger charge is 2.18. The van der Waals surface area contributed by atoms with Gasteiger partial charge in [0.1, 0.15) is 17.3 Å². The smallest absolute Gasteiger partial charge is 0.274 e. The maximum Gasteiger partial charge on any atom is 0.274 e. The van der Waals surface area contributed by atoms with Gasteiger partial charge in [-0.3, -0.25) is 4.79 Å². The summed E-state index contributed by atoms with van der Waals surface area (Å²) in [5.74, 6) is 1.65. The van der Waals surface area contributed by atoms with E-state index in [1.807, 2.05) is 14.1 Å². The van der Waals surface area contributed by atoms with Crippen LogP contribution in [-0.2, 0) is 0 Å². The highest BCUT2D eigenvalue weighted by Crippen LogP contribution is 2.32. The summed E-state index contributed by atoms with van der Waals surface area (Å²) in [4.78, 5) is 23.8. The van der Waals surface area contributed by atoms with Crippen LogP contribution in [-0.4, -0.2) is 48.0 Å². The van der Waals surface area contributed by atoms with Crippen LogP contribution in [0.3, 0.4) is 0 Å². The summed E-state index contributed by atoms with van der Waals surface area (Å²) in [6.45, 7) is 12.0. The van der Waals surface area contributed by atoms with E-state index in [4.69, 9.17) is 0 Å². The molecule has 0 bridgehead atoms. The standard InChI is InChI=1S/C22H33N5O/c1-14(2)17-9-8-10-18(15(3)4)21(17)26-22(28)19-13-20(25-16(5)24-19)23-11-12-27(6)7/h8-10,13-15H,11-12H2,1-7H3,(H,26,28)(H,23,24,25). The average molecular weight is 384 g/mol. The molecule has 1 amide bonds. The number of aryl methyl sites for hydroxylation is 1.